The zero-order valence-electron chi connectivity index (χ0n) is 19.4. The molecule has 4 heteroatoms. The molecule has 0 saturated heterocycles. The molecule has 176 valence electrons. The highest BCUT2D eigenvalue weighted by molar-refractivity contribution is 5.69. The van der Waals surface area contributed by atoms with E-state index in [1.54, 1.807) is 0 Å². The minimum absolute atomic E-state index is 0.196. The molecule has 32 heavy (non-hydrogen) atoms. The van der Waals surface area contributed by atoms with Gasteiger partial charge in [0.05, 0.1) is 19.1 Å². The smallest absolute Gasteiger partial charge is 0.306 e. The fraction of sp³-hybridized carbons (Fsp3) is 0.536. The predicted molar refractivity (Wildman–Crippen MR) is 129 cm³/mol. The van der Waals surface area contributed by atoms with E-state index in [2.05, 4.69) is 24.3 Å². The van der Waals surface area contributed by atoms with Gasteiger partial charge in [0.1, 0.15) is 0 Å². The first-order chi connectivity index (χ1) is 15.8. The Hall–Kier alpha value is -2.17. The first kappa shape index (κ1) is 26.1. The summed E-state index contributed by atoms with van der Waals surface area (Å²) < 4.78 is 11.4. The summed E-state index contributed by atoms with van der Waals surface area (Å²) in [4.78, 5) is 11.5. The Morgan fingerprint density at radius 3 is 1.44 bits per heavy atom. The first-order valence-electron chi connectivity index (χ1n) is 12.2. The summed E-state index contributed by atoms with van der Waals surface area (Å²) in [6.45, 7) is 2.88. The molecule has 4 nitrogen and oxygen atoms in total. The zero-order chi connectivity index (χ0) is 22.7. The second-order valence-electron chi connectivity index (χ2n) is 8.52. The van der Waals surface area contributed by atoms with Gasteiger partial charge in [0.25, 0.3) is 0 Å². The standard InChI is InChI=1S/C28H40O4/c29-28(30)27(19-11-1-3-13-21-31-23-25-15-7-5-8-16-25)20-12-2-4-14-22-32-24-26-17-9-6-10-18-26/h5-10,15-18,27H,1-4,11-14,19-24H2,(H,29,30). The van der Waals surface area contributed by atoms with Crippen LogP contribution in [-0.4, -0.2) is 24.3 Å². The maximum absolute atomic E-state index is 11.5. The molecule has 0 spiro atoms. The van der Waals surface area contributed by atoms with Crippen LogP contribution in [0.15, 0.2) is 60.7 Å². The van der Waals surface area contributed by atoms with Crippen LogP contribution in [0.3, 0.4) is 0 Å². The van der Waals surface area contributed by atoms with Crippen LogP contribution in [0.25, 0.3) is 0 Å². The van der Waals surface area contributed by atoms with Gasteiger partial charge in [-0.2, -0.15) is 0 Å². The Kier molecular flexibility index (Phi) is 14.2. The van der Waals surface area contributed by atoms with E-state index >= 15 is 0 Å². The number of carbonyl (C=O) groups is 1. The number of benzene rings is 2. The van der Waals surface area contributed by atoms with Crippen LogP contribution in [0.5, 0.6) is 0 Å². The minimum Gasteiger partial charge on any atom is -0.481 e. The van der Waals surface area contributed by atoms with Crippen LogP contribution in [0.1, 0.15) is 75.3 Å². The zero-order valence-corrected chi connectivity index (χ0v) is 19.4. The molecule has 0 heterocycles. The molecule has 0 radical (unpaired) electrons. The summed E-state index contributed by atoms with van der Waals surface area (Å²) in [7, 11) is 0. The molecule has 0 aliphatic rings. The molecule has 0 unspecified atom stereocenters. The van der Waals surface area contributed by atoms with E-state index in [4.69, 9.17) is 9.47 Å². The average molecular weight is 441 g/mol. The van der Waals surface area contributed by atoms with Crippen molar-refractivity contribution >= 4 is 5.97 Å². The van der Waals surface area contributed by atoms with Crippen molar-refractivity contribution in [2.24, 2.45) is 5.92 Å². The number of aliphatic carboxylic acids is 1. The lowest BCUT2D eigenvalue weighted by Crippen LogP contribution is -2.13. The second-order valence-corrected chi connectivity index (χ2v) is 8.52. The van der Waals surface area contributed by atoms with Crippen molar-refractivity contribution in [2.45, 2.75) is 77.4 Å². The molecule has 2 aromatic rings. The number of ether oxygens (including phenoxy) is 2. The van der Waals surface area contributed by atoms with Crippen LogP contribution in [0.4, 0.5) is 0 Å². The van der Waals surface area contributed by atoms with Crippen molar-refractivity contribution in [3.63, 3.8) is 0 Å². The maximum Gasteiger partial charge on any atom is 0.306 e. The Morgan fingerprint density at radius 2 is 1.03 bits per heavy atom. The summed E-state index contributed by atoms with van der Waals surface area (Å²) in [5.41, 5.74) is 2.41. The number of rotatable bonds is 19. The van der Waals surface area contributed by atoms with E-state index in [9.17, 15) is 9.90 Å². The molecule has 0 fully saturated rings. The van der Waals surface area contributed by atoms with Gasteiger partial charge in [-0.3, -0.25) is 4.79 Å². The van der Waals surface area contributed by atoms with E-state index in [-0.39, 0.29) is 5.92 Å². The first-order valence-corrected chi connectivity index (χ1v) is 12.2. The summed E-state index contributed by atoms with van der Waals surface area (Å²) in [5.74, 6) is -0.832. The van der Waals surface area contributed by atoms with Crippen LogP contribution >= 0.6 is 0 Å². The van der Waals surface area contributed by atoms with Crippen LogP contribution in [-0.2, 0) is 27.5 Å². The fourth-order valence-corrected chi connectivity index (χ4v) is 3.82. The SMILES string of the molecule is O=C(O)C(CCCCCCOCc1ccccc1)CCCCCCOCc1ccccc1. The van der Waals surface area contributed by atoms with Gasteiger partial charge in [-0.25, -0.2) is 0 Å². The minimum atomic E-state index is -0.637. The van der Waals surface area contributed by atoms with Gasteiger partial charge in [0.15, 0.2) is 0 Å². The van der Waals surface area contributed by atoms with Gasteiger partial charge in [0, 0.05) is 13.2 Å². The van der Waals surface area contributed by atoms with E-state index in [0.29, 0.717) is 13.2 Å². The second kappa shape index (κ2) is 17.4. The Labute approximate surface area is 194 Å². The van der Waals surface area contributed by atoms with Gasteiger partial charge in [-0.1, -0.05) is 99.2 Å². The molecule has 0 aliphatic heterocycles. The fourth-order valence-electron chi connectivity index (χ4n) is 3.82. The molecule has 0 saturated carbocycles. The molecule has 0 aromatic heterocycles. The highest BCUT2D eigenvalue weighted by atomic mass is 16.5. The lowest BCUT2D eigenvalue weighted by molar-refractivity contribution is -0.142. The largest absolute Gasteiger partial charge is 0.481 e. The van der Waals surface area contributed by atoms with E-state index in [1.807, 2.05) is 36.4 Å². The number of unbranched alkanes of at least 4 members (excludes halogenated alkanes) is 6. The summed E-state index contributed by atoms with van der Waals surface area (Å²) >= 11 is 0. The van der Waals surface area contributed by atoms with Gasteiger partial charge < -0.3 is 14.6 Å². The van der Waals surface area contributed by atoms with E-state index in [1.165, 1.54) is 11.1 Å². The maximum atomic E-state index is 11.5. The summed E-state index contributed by atoms with van der Waals surface area (Å²) in [6.07, 6.45) is 10.0. The molecule has 0 aliphatic carbocycles. The van der Waals surface area contributed by atoms with Crippen molar-refractivity contribution in [3.8, 4) is 0 Å². The topological polar surface area (TPSA) is 55.8 Å². The van der Waals surface area contributed by atoms with Gasteiger partial charge in [-0.05, 0) is 36.8 Å². The van der Waals surface area contributed by atoms with Crippen LogP contribution in [0, 0.1) is 5.92 Å². The third-order valence-electron chi connectivity index (χ3n) is 5.75. The number of carboxylic acid groups (broad SMARTS) is 1. The molecule has 0 amide bonds. The molecule has 2 rings (SSSR count). The molecular weight excluding hydrogens is 400 g/mol. The molecule has 2 aromatic carbocycles. The Balaban J connectivity index is 1.40. The van der Waals surface area contributed by atoms with E-state index in [0.717, 1.165) is 77.4 Å². The highest BCUT2D eigenvalue weighted by Crippen LogP contribution is 2.19. The van der Waals surface area contributed by atoms with Crippen molar-refractivity contribution in [3.05, 3.63) is 71.8 Å². The lowest BCUT2D eigenvalue weighted by Gasteiger charge is -2.12. The van der Waals surface area contributed by atoms with Crippen molar-refractivity contribution in [2.75, 3.05) is 13.2 Å². The quantitative estimate of drug-likeness (QED) is 0.238. The van der Waals surface area contributed by atoms with Gasteiger partial charge in [0.2, 0.25) is 0 Å². The number of carboxylic acids is 1. The van der Waals surface area contributed by atoms with E-state index < -0.39 is 5.97 Å². The Morgan fingerprint density at radius 1 is 0.625 bits per heavy atom. The predicted octanol–water partition coefficient (Wildman–Crippen LogP) is 7.02. The number of hydrogen-bond acceptors (Lipinski definition) is 3. The van der Waals surface area contributed by atoms with Crippen molar-refractivity contribution < 1.29 is 19.4 Å². The number of hydrogen-bond donors (Lipinski definition) is 1. The normalized spacial score (nSPS) is 11.2. The Bertz CT molecular complexity index is 646. The lowest BCUT2D eigenvalue weighted by atomic mass is 9.94. The highest BCUT2D eigenvalue weighted by Gasteiger charge is 2.16. The third kappa shape index (κ3) is 12.6. The van der Waals surface area contributed by atoms with Crippen LogP contribution < -0.4 is 0 Å². The van der Waals surface area contributed by atoms with Gasteiger partial charge in [-0.15, -0.1) is 0 Å². The van der Waals surface area contributed by atoms with Crippen molar-refractivity contribution in [1.82, 2.24) is 0 Å². The third-order valence-corrected chi connectivity index (χ3v) is 5.75. The molecule has 0 atom stereocenters. The van der Waals surface area contributed by atoms with Crippen molar-refractivity contribution in [1.29, 1.82) is 0 Å². The molecule has 0 bridgehead atoms. The average Bonchev–Trinajstić information content (AvgIpc) is 2.82. The van der Waals surface area contributed by atoms with Gasteiger partial charge >= 0.3 is 5.97 Å². The van der Waals surface area contributed by atoms with Crippen LogP contribution in [0.2, 0.25) is 0 Å². The summed E-state index contributed by atoms with van der Waals surface area (Å²) in [6, 6.07) is 20.4. The summed E-state index contributed by atoms with van der Waals surface area (Å²) in [5, 5.41) is 9.50. The molecular formula is C28H40O4. The molecule has 1 N–H and O–H groups in total. The monoisotopic (exact) mass is 440 g/mol.